The van der Waals surface area contributed by atoms with Crippen molar-refractivity contribution in [3.05, 3.63) is 54.2 Å². The van der Waals surface area contributed by atoms with Crippen LogP contribution in [-0.4, -0.2) is 41.1 Å². The van der Waals surface area contributed by atoms with Gasteiger partial charge in [-0.3, -0.25) is 0 Å². The fourth-order valence-corrected chi connectivity index (χ4v) is 2.64. The molecule has 1 heterocycles. The quantitative estimate of drug-likeness (QED) is 0.545. The predicted molar refractivity (Wildman–Crippen MR) is 98.0 cm³/mol. The van der Waals surface area contributed by atoms with E-state index in [0.717, 1.165) is 5.03 Å². The lowest BCUT2D eigenvalue weighted by atomic mass is 10.2. The van der Waals surface area contributed by atoms with Gasteiger partial charge < -0.3 is 14.6 Å². The van der Waals surface area contributed by atoms with Gasteiger partial charge in [-0.05, 0) is 42.3 Å². The van der Waals surface area contributed by atoms with E-state index in [4.69, 9.17) is 9.47 Å². The van der Waals surface area contributed by atoms with Gasteiger partial charge in [-0.1, -0.05) is 19.9 Å². The van der Waals surface area contributed by atoms with Gasteiger partial charge in [0.05, 0.1) is 23.3 Å². The van der Waals surface area contributed by atoms with Crippen LogP contribution in [0.25, 0.3) is 0 Å². The van der Waals surface area contributed by atoms with Gasteiger partial charge in [-0.15, -0.1) is 11.8 Å². The predicted octanol–water partition coefficient (Wildman–Crippen LogP) is 3.43. The number of rotatable bonds is 9. The monoisotopic (exact) mass is 361 g/mol. The topological polar surface area (TPSA) is 68.7 Å². The Bertz CT molecular complexity index is 646. The van der Waals surface area contributed by atoms with Crippen molar-refractivity contribution >= 4 is 17.7 Å². The SMILES string of the molecule is CC(C)COC(=O)c1ccc(OCC(O)CSc2ccccn2)cc1. The van der Waals surface area contributed by atoms with Crippen LogP contribution in [-0.2, 0) is 4.74 Å². The molecule has 0 aliphatic heterocycles. The number of esters is 1. The lowest BCUT2D eigenvalue weighted by Crippen LogP contribution is -2.20. The van der Waals surface area contributed by atoms with Crippen molar-refractivity contribution in [1.82, 2.24) is 4.98 Å². The standard InChI is InChI=1S/C19H23NO4S/c1-14(2)11-24-19(22)15-6-8-17(9-7-15)23-12-16(21)13-25-18-5-3-4-10-20-18/h3-10,14,16,21H,11-13H2,1-2H3. The van der Waals surface area contributed by atoms with Crippen molar-refractivity contribution in [2.75, 3.05) is 19.0 Å². The summed E-state index contributed by atoms with van der Waals surface area (Å²) < 4.78 is 10.7. The molecule has 0 saturated heterocycles. The number of pyridine rings is 1. The van der Waals surface area contributed by atoms with Gasteiger partial charge in [-0.2, -0.15) is 0 Å². The molecule has 0 fully saturated rings. The number of aliphatic hydroxyl groups excluding tert-OH is 1. The van der Waals surface area contributed by atoms with Gasteiger partial charge >= 0.3 is 5.97 Å². The van der Waals surface area contributed by atoms with Crippen LogP contribution in [0.2, 0.25) is 0 Å². The zero-order valence-electron chi connectivity index (χ0n) is 14.4. The van der Waals surface area contributed by atoms with E-state index in [1.807, 2.05) is 32.0 Å². The number of hydrogen-bond acceptors (Lipinski definition) is 6. The second-order valence-corrected chi connectivity index (χ2v) is 7.00. The lowest BCUT2D eigenvalue weighted by molar-refractivity contribution is 0.0459. The van der Waals surface area contributed by atoms with Crippen molar-refractivity contribution < 1.29 is 19.4 Å². The maximum absolute atomic E-state index is 11.8. The Balaban J connectivity index is 1.74. The summed E-state index contributed by atoms with van der Waals surface area (Å²) in [5.74, 6) is 1.06. The highest BCUT2D eigenvalue weighted by atomic mass is 32.2. The average molecular weight is 361 g/mol. The Labute approximate surface area is 152 Å². The number of aromatic nitrogens is 1. The minimum absolute atomic E-state index is 0.178. The van der Waals surface area contributed by atoms with E-state index in [0.29, 0.717) is 29.6 Å². The molecule has 2 aromatic rings. The number of carbonyl (C=O) groups is 1. The largest absolute Gasteiger partial charge is 0.491 e. The summed E-state index contributed by atoms with van der Waals surface area (Å²) in [6.45, 7) is 4.55. The smallest absolute Gasteiger partial charge is 0.338 e. The molecule has 6 heteroatoms. The summed E-state index contributed by atoms with van der Waals surface area (Å²) >= 11 is 1.48. The van der Waals surface area contributed by atoms with Crippen molar-refractivity contribution in [3.63, 3.8) is 0 Å². The Kier molecular flexibility index (Phi) is 7.76. The molecule has 1 aromatic heterocycles. The fourth-order valence-electron chi connectivity index (χ4n) is 1.87. The fraction of sp³-hybridized carbons (Fsp3) is 0.368. The molecule has 1 N–H and O–H groups in total. The molecule has 1 aromatic carbocycles. The molecule has 1 unspecified atom stereocenters. The third-order valence-electron chi connectivity index (χ3n) is 3.14. The van der Waals surface area contributed by atoms with Crippen molar-refractivity contribution in [1.29, 1.82) is 0 Å². The summed E-state index contributed by atoms with van der Waals surface area (Å²) in [5.41, 5.74) is 0.485. The highest BCUT2D eigenvalue weighted by Crippen LogP contribution is 2.17. The Morgan fingerprint density at radius 1 is 1.16 bits per heavy atom. The molecule has 134 valence electrons. The number of hydrogen-bond donors (Lipinski definition) is 1. The first-order valence-corrected chi connectivity index (χ1v) is 9.15. The first-order valence-electron chi connectivity index (χ1n) is 8.16. The van der Waals surface area contributed by atoms with Crippen molar-refractivity contribution in [3.8, 4) is 5.75 Å². The maximum atomic E-state index is 11.8. The molecular formula is C19H23NO4S. The summed E-state index contributed by atoms with van der Waals surface area (Å²) in [4.78, 5) is 16.0. The molecule has 1 atom stereocenters. The van der Waals surface area contributed by atoms with Crippen LogP contribution in [0.1, 0.15) is 24.2 Å². The zero-order chi connectivity index (χ0) is 18.1. The number of ether oxygens (including phenoxy) is 2. The van der Waals surface area contributed by atoms with E-state index in [2.05, 4.69) is 4.98 Å². The van der Waals surface area contributed by atoms with Crippen LogP contribution in [0.5, 0.6) is 5.75 Å². The van der Waals surface area contributed by atoms with E-state index >= 15 is 0 Å². The first kappa shape index (κ1) is 19.3. The van der Waals surface area contributed by atoms with Crippen LogP contribution in [0.3, 0.4) is 0 Å². The third-order valence-corrected chi connectivity index (χ3v) is 4.23. The summed E-state index contributed by atoms with van der Waals surface area (Å²) in [6.07, 6.45) is 1.11. The van der Waals surface area contributed by atoms with Crippen molar-refractivity contribution in [2.45, 2.75) is 25.0 Å². The van der Waals surface area contributed by atoms with Crippen LogP contribution < -0.4 is 4.74 Å². The number of carbonyl (C=O) groups excluding carboxylic acids is 1. The van der Waals surface area contributed by atoms with E-state index in [-0.39, 0.29) is 12.6 Å². The van der Waals surface area contributed by atoms with Crippen LogP contribution in [0.4, 0.5) is 0 Å². The molecule has 5 nitrogen and oxygen atoms in total. The normalized spacial score (nSPS) is 12.0. The Morgan fingerprint density at radius 2 is 1.92 bits per heavy atom. The molecule has 0 radical (unpaired) electrons. The van der Waals surface area contributed by atoms with Gasteiger partial charge in [0.25, 0.3) is 0 Å². The number of thioether (sulfide) groups is 1. The molecule has 25 heavy (non-hydrogen) atoms. The zero-order valence-corrected chi connectivity index (χ0v) is 15.2. The molecule has 0 spiro atoms. The average Bonchev–Trinajstić information content (AvgIpc) is 2.64. The second kappa shape index (κ2) is 10.1. The molecule has 0 aliphatic carbocycles. The first-order chi connectivity index (χ1) is 12.0. The van der Waals surface area contributed by atoms with Crippen LogP contribution in [0.15, 0.2) is 53.7 Å². The number of aliphatic hydroxyl groups is 1. The maximum Gasteiger partial charge on any atom is 0.338 e. The van der Waals surface area contributed by atoms with Gasteiger partial charge in [0, 0.05) is 11.9 Å². The van der Waals surface area contributed by atoms with E-state index < -0.39 is 6.10 Å². The van der Waals surface area contributed by atoms with Crippen LogP contribution >= 0.6 is 11.8 Å². The van der Waals surface area contributed by atoms with Crippen LogP contribution in [0, 0.1) is 5.92 Å². The van der Waals surface area contributed by atoms with Gasteiger partial charge in [0.15, 0.2) is 0 Å². The minimum atomic E-state index is -0.609. The van der Waals surface area contributed by atoms with E-state index in [1.54, 1.807) is 30.5 Å². The highest BCUT2D eigenvalue weighted by Gasteiger charge is 2.10. The molecule has 0 saturated carbocycles. The van der Waals surface area contributed by atoms with Gasteiger partial charge in [0.1, 0.15) is 12.4 Å². The molecule has 2 rings (SSSR count). The van der Waals surface area contributed by atoms with E-state index in [9.17, 15) is 9.90 Å². The van der Waals surface area contributed by atoms with E-state index in [1.165, 1.54) is 11.8 Å². The number of benzene rings is 1. The lowest BCUT2D eigenvalue weighted by Gasteiger charge is -2.12. The number of nitrogens with zero attached hydrogens (tertiary/aromatic N) is 1. The highest BCUT2D eigenvalue weighted by molar-refractivity contribution is 7.99. The van der Waals surface area contributed by atoms with Gasteiger partial charge in [-0.25, -0.2) is 9.78 Å². The summed E-state index contributed by atoms with van der Waals surface area (Å²) in [7, 11) is 0. The summed E-state index contributed by atoms with van der Waals surface area (Å²) in [5, 5.41) is 10.9. The second-order valence-electron chi connectivity index (χ2n) is 5.96. The Hall–Kier alpha value is -2.05. The van der Waals surface area contributed by atoms with Gasteiger partial charge in [0.2, 0.25) is 0 Å². The van der Waals surface area contributed by atoms with Crippen molar-refractivity contribution in [2.24, 2.45) is 5.92 Å². The molecule has 0 aliphatic rings. The summed E-state index contributed by atoms with van der Waals surface area (Å²) in [6, 6.07) is 12.4. The minimum Gasteiger partial charge on any atom is -0.491 e. The third kappa shape index (κ3) is 7.15. The Morgan fingerprint density at radius 3 is 2.56 bits per heavy atom. The molecule has 0 bridgehead atoms. The molecular weight excluding hydrogens is 338 g/mol. The molecule has 0 amide bonds.